The molecule has 0 saturated heterocycles. The maximum atomic E-state index is 8.48. The summed E-state index contributed by atoms with van der Waals surface area (Å²) in [5.41, 5.74) is 1.09. The van der Waals surface area contributed by atoms with Gasteiger partial charge in [-0.25, -0.2) is 0 Å². The van der Waals surface area contributed by atoms with Crippen LogP contribution >= 0.6 is 0 Å². The van der Waals surface area contributed by atoms with Crippen LogP contribution in [0.15, 0.2) is 30.5 Å². The Labute approximate surface area is 76.2 Å². The molecule has 0 unspecified atom stereocenters. The Hall–Kier alpha value is -1.64. The molecule has 1 aliphatic rings. The largest absolute Gasteiger partial charge is 0.516 e. The summed E-state index contributed by atoms with van der Waals surface area (Å²) >= 11 is 0. The summed E-state index contributed by atoms with van der Waals surface area (Å²) in [4.78, 5) is 0. The number of aliphatic hydroxyl groups is 1. The molecule has 0 atom stereocenters. The first-order valence-corrected chi connectivity index (χ1v) is 4.08. The van der Waals surface area contributed by atoms with Crippen LogP contribution in [0.3, 0.4) is 0 Å². The topological polar surface area (TPSA) is 38.7 Å². The molecule has 0 bridgehead atoms. The van der Waals surface area contributed by atoms with Gasteiger partial charge in [-0.15, -0.1) is 0 Å². The van der Waals surface area contributed by atoms with E-state index in [0.717, 1.165) is 23.3 Å². The van der Waals surface area contributed by atoms with Gasteiger partial charge in [0.05, 0.1) is 6.26 Å². The lowest BCUT2D eigenvalue weighted by Gasteiger charge is -1.98. The van der Waals surface area contributed by atoms with Gasteiger partial charge in [-0.05, 0) is 30.2 Å². The molecule has 68 valence electrons. The minimum atomic E-state index is 0.300. The average molecular weight is 178 g/mol. The van der Waals surface area contributed by atoms with Crippen LogP contribution in [-0.4, -0.2) is 11.9 Å². The number of hydrogen-bond donors (Lipinski definition) is 1. The monoisotopic (exact) mass is 178 g/mol. The number of rotatable bonds is 2. The number of ether oxygens (including phenoxy) is 2. The van der Waals surface area contributed by atoms with Crippen LogP contribution in [0, 0.1) is 0 Å². The predicted octanol–water partition coefficient (Wildman–Crippen LogP) is 2.03. The molecule has 0 spiro atoms. The molecule has 3 heteroatoms. The first-order valence-electron chi connectivity index (χ1n) is 4.08. The van der Waals surface area contributed by atoms with Gasteiger partial charge < -0.3 is 14.6 Å². The van der Waals surface area contributed by atoms with E-state index in [-0.39, 0.29) is 0 Å². The van der Waals surface area contributed by atoms with Crippen LogP contribution in [0.1, 0.15) is 5.56 Å². The number of benzene rings is 1. The van der Waals surface area contributed by atoms with Crippen molar-refractivity contribution in [3.05, 3.63) is 36.1 Å². The van der Waals surface area contributed by atoms with Crippen LogP contribution in [0.2, 0.25) is 0 Å². The minimum Gasteiger partial charge on any atom is -0.516 e. The van der Waals surface area contributed by atoms with Gasteiger partial charge in [-0.2, -0.15) is 0 Å². The summed E-state index contributed by atoms with van der Waals surface area (Å²) in [6, 6.07) is 5.75. The fourth-order valence-corrected chi connectivity index (χ4v) is 1.26. The van der Waals surface area contributed by atoms with E-state index < -0.39 is 0 Å². The molecule has 3 nitrogen and oxygen atoms in total. The molecular weight excluding hydrogens is 168 g/mol. The standard InChI is InChI=1S/C10H10O3/c11-5-1-2-8-3-4-9-10(6-8)13-7-12-9/h1,3-6,11H,2,7H2/b5-1-. The van der Waals surface area contributed by atoms with Gasteiger partial charge in [0.25, 0.3) is 0 Å². The minimum absolute atomic E-state index is 0.300. The summed E-state index contributed by atoms with van der Waals surface area (Å²) < 4.78 is 10.4. The normalized spacial score (nSPS) is 13.8. The second-order valence-electron chi connectivity index (χ2n) is 2.78. The van der Waals surface area contributed by atoms with Crippen molar-refractivity contribution in [3.63, 3.8) is 0 Å². The Balaban J connectivity index is 2.20. The molecule has 1 heterocycles. The third-order valence-corrected chi connectivity index (χ3v) is 1.90. The highest BCUT2D eigenvalue weighted by Crippen LogP contribution is 2.32. The molecule has 1 aliphatic heterocycles. The molecule has 0 aromatic heterocycles. The van der Waals surface area contributed by atoms with Gasteiger partial charge in [0.2, 0.25) is 6.79 Å². The lowest BCUT2D eigenvalue weighted by atomic mass is 10.1. The van der Waals surface area contributed by atoms with E-state index in [0.29, 0.717) is 13.2 Å². The first kappa shape index (κ1) is 7.98. The summed E-state index contributed by atoms with van der Waals surface area (Å²) in [6.07, 6.45) is 3.43. The summed E-state index contributed by atoms with van der Waals surface area (Å²) in [5, 5.41) is 8.48. The molecule has 13 heavy (non-hydrogen) atoms. The van der Waals surface area contributed by atoms with E-state index >= 15 is 0 Å². The summed E-state index contributed by atoms with van der Waals surface area (Å²) in [7, 11) is 0. The van der Waals surface area contributed by atoms with Gasteiger partial charge in [-0.3, -0.25) is 0 Å². The highest BCUT2D eigenvalue weighted by Gasteiger charge is 2.12. The molecule has 2 rings (SSSR count). The Morgan fingerprint density at radius 1 is 1.31 bits per heavy atom. The molecule has 1 aromatic rings. The third-order valence-electron chi connectivity index (χ3n) is 1.90. The second kappa shape index (κ2) is 3.39. The van der Waals surface area contributed by atoms with E-state index in [1.54, 1.807) is 6.08 Å². The molecule has 0 fully saturated rings. The predicted molar refractivity (Wildman–Crippen MR) is 48.0 cm³/mol. The van der Waals surface area contributed by atoms with Crippen molar-refractivity contribution in [2.75, 3.05) is 6.79 Å². The zero-order chi connectivity index (χ0) is 9.10. The first-order chi connectivity index (χ1) is 6.40. The van der Waals surface area contributed by atoms with Crippen LogP contribution in [0.5, 0.6) is 11.5 Å². The zero-order valence-electron chi connectivity index (χ0n) is 7.06. The van der Waals surface area contributed by atoms with Crippen molar-refractivity contribution in [1.29, 1.82) is 0 Å². The molecule has 0 amide bonds. The maximum absolute atomic E-state index is 8.48. The van der Waals surface area contributed by atoms with E-state index in [1.807, 2.05) is 18.2 Å². The van der Waals surface area contributed by atoms with Crippen molar-refractivity contribution in [2.45, 2.75) is 6.42 Å². The Morgan fingerprint density at radius 2 is 2.15 bits per heavy atom. The number of allylic oxidation sites excluding steroid dienone is 1. The number of aliphatic hydroxyl groups excluding tert-OH is 1. The van der Waals surface area contributed by atoms with Crippen molar-refractivity contribution >= 4 is 0 Å². The lowest BCUT2D eigenvalue weighted by Crippen LogP contribution is -1.92. The van der Waals surface area contributed by atoms with E-state index in [2.05, 4.69) is 0 Å². The van der Waals surface area contributed by atoms with Crippen LogP contribution < -0.4 is 9.47 Å². The van der Waals surface area contributed by atoms with Crippen molar-refractivity contribution in [3.8, 4) is 11.5 Å². The SMILES string of the molecule is O/C=C\Cc1ccc2c(c1)OCO2. The average Bonchev–Trinajstić information content (AvgIpc) is 2.61. The van der Waals surface area contributed by atoms with Gasteiger partial charge >= 0.3 is 0 Å². The summed E-state index contributed by atoms with van der Waals surface area (Å²) in [6.45, 7) is 0.300. The molecule has 0 aliphatic carbocycles. The third kappa shape index (κ3) is 1.59. The molecule has 0 radical (unpaired) electrons. The van der Waals surface area contributed by atoms with E-state index in [9.17, 15) is 0 Å². The Bertz CT molecular complexity index is 331. The smallest absolute Gasteiger partial charge is 0.231 e. The quantitative estimate of drug-likeness (QED) is 0.704. The Kier molecular flexibility index (Phi) is 2.08. The molecule has 0 saturated carbocycles. The van der Waals surface area contributed by atoms with Crippen molar-refractivity contribution in [2.24, 2.45) is 0 Å². The fourth-order valence-electron chi connectivity index (χ4n) is 1.26. The van der Waals surface area contributed by atoms with Crippen molar-refractivity contribution in [1.82, 2.24) is 0 Å². The van der Waals surface area contributed by atoms with Crippen molar-refractivity contribution < 1.29 is 14.6 Å². The second-order valence-corrected chi connectivity index (χ2v) is 2.78. The van der Waals surface area contributed by atoms with Gasteiger partial charge in [0.15, 0.2) is 11.5 Å². The maximum Gasteiger partial charge on any atom is 0.231 e. The van der Waals surface area contributed by atoms with Crippen LogP contribution in [0.25, 0.3) is 0 Å². The van der Waals surface area contributed by atoms with E-state index in [4.69, 9.17) is 14.6 Å². The lowest BCUT2D eigenvalue weighted by molar-refractivity contribution is 0.174. The van der Waals surface area contributed by atoms with Gasteiger partial charge in [0.1, 0.15) is 0 Å². The fraction of sp³-hybridized carbons (Fsp3) is 0.200. The highest BCUT2D eigenvalue weighted by atomic mass is 16.7. The summed E-state index contributed by atoms with van der Waals surface area (Å²) in [5.74, 6) is 1.57. The molecule has 1 N–H and O–H groups in total. The Morgan fingerprint density at radius 3 is 3.00 bits per heavy atom. The van der Waals surface area contributed by atoms with E-state index in [1.165, 1.54) is 0 Å². The van der Waals surface area contributed by atoms with Gasteiger partial charge in [-0.1, -0.05) is 6.07 Å². The van der Waals surface area contributed by atoms with Crippen LogP contribution in [0.4, 0.5) is 0 Å². The number of fused-ring (bicyclic) bond motifs is 1. The number of hydrogen-bond acceptors (Lipinski definition) is 3. The molecule has 1 aromatic carbocycles. The zero-order valence-corrected chi connectivity index (χ0v) is 7.06. The van der Waals surface area contributed by atoms with Gasteiger partial charge in [0, 0.05) is 0 Å². The molecular formula is C10H10O3. The highest BCUT2D eigenvalue weighted by molar-refractivity contribution is 5.44. The van der Waals surface area contributed by atoms with Crippen LogP contribution in [-0.2, 0) is 6.42 Å².